The molecule has 0 spiro atoms. The predicted octanol–water partition coefficient (Wildman–Crippen LogP) is 4.31. The Morgan fingerprint density at radius 3 is 2.89 bits per heavy atom. The van der Waals surface area contributed by atoms with Crippen molar-refractivity contribution in [1.29, 1.82) is 0 Å². The van der Waals surface area contributed by atoms with Crippen LogP contribution in [0, 0.1) is 0 Å². The summed E-state index contributed by atoms with van der Waals surface area (Å²) in [5.74, 6) is 0.771. The standard InChI is InChI=1S/C15H20O2S/c1-3-5-8-12-18-14-10-7-6-9-13(14)15(16)17-11-4-2/h4,6-7,9-10H,2-3,5,8,11-12H2,1H3. The van der Waals surface area contributed by atoms with E-state index in [-0.39, 0.29) is 12.6 Å². The number of carbonyl (C=O) groups is 1. The van der Waals surface area contributed by atoms with Crippen LogP contribution >= 0.6 is 11.8 Å². The molecule has 0 aliphatic heterocycles. The maximum atomic E-state index is 11.8. The van der Waals surface area contributed by atoms with Crippen LogP contribution in [0.2, 0.25) is 0 Å². The lowest BCUT2D eigenvalue weighted by atomic mass is 10.2. The molecule has 0 fully saturated rings. The van der Waals surface area contributed by atoms with E-state index in [0.717, 1.165) is 10.6 Å². The first-order valence-electron chi connectivity index (χ1n) is 6.29. The van der Waals surface area contributed by atoms with Crippen LogP contribution in [-0.4, -0.2) is 18.3 Å². The number of hydrogen-bond acceptors (Lipinski definition) is 3. The summed E-state index contributed by atoms with van der Waals surface area (Å²) in [5.41, 5.74) is 0.654. The minimum absolute atomic E-state index is 0.258. The lowest BCUT2D eigenvalue weighted by Crippen LogP contribution is -2.06. The Bertz CT molecular complexity index is 388. The van der Waals surface area contributed by atoms with Crippen LogP contribution < -0.4 is 0 Å². The Morgan fingerprint density at radius 2 is 2.17 bits per heavy atom. The van der Waals surface area contributed by atoms with Crippen LogP contribution in [0.15, 0.2) is 41.8 Å². The average molecular weight is 264 g/mol. The van der Waals surface area contributed by atoms with Crippen molar-refractivity contribution in [2.75, 3.05) is 12.4 Å². The fraction of sp³-hybridized carbons (Fsp3) is 0.400. The third kappa shape index (κ3) is 4.96. The van der Waals surface area contributed by atoms with Crippen molar-refractivity contribution in [2.24, 2.45) is 0 Å². The number of unbranched alkanes of at least 4 members (excludes halogenated alkanes) is 2. The molecule has 0 N–H and O–H groups in total. The molecule has 0 saturated heterocycles. The van der Waals surface area contributed by atoms with Crippen molar-refractivity contribution in [3.05, 3.63) is 42.5 Å². The van der Waals surface area contributed by atoms with Crippen LogP contribution in [0.25, 0.3) is 0 Å². The predicted molar refractivity (Wildman–Crippen MR) is 77.2 cm³/mol. The molecule has 1 rings (SSSR count). The summed E-state index contributed by atoms with van der Waals surface area (Å²) in [6, 6.07) is 7.60. The molecule has 0 radical (unpaired) electrons. The molecule has 0 aliphatic rings. The number of benzene rings is 1. The first-order valence-corrected chi connectivity index (χ1v) is 7.28. The minimum atomic E-state index is -0.270. The van der Waals surface area contributed by atoms with E-state index >= 15 is 0 Å². The summed E-state index contributed by atoms with van der Waals surface area (Å²) in [5, 5.41) is 0. The van der Waals surface area contributed by atoms with Crippen molar-refractivity contribution in [3.63, 3.8) is 0 Å². The van der Waals surface area contributed by atoms with Gasteiger partial charge in [-0.1, -0.05) is 44.6 Å². The molecule has 3 heteroatoms. The third-order valence-corrected chi connectivity index (χ3v) is 3.60. The zero-order chi connectivity index (χ0) is 13.2. The molecule has 0 saturated carbocycles. The average Bonchev–Trinajstić information content (AvgIpc) is 2.41. The summed E-state index contributed by atoms with van der Waals surface area (Å²) in [6.45, 7) is 5.98. The number of rotatable bonds is 8. The molecule has 0 atom stereocenters. The zero-order valence-corrected chi connectivity index (χ0v) is 11.7. The van der Waals surface area contributed by atoms with E-state index in [0.29, 0.717) is 5.56 Å². The Labute approximate surface area is 113 Å². The van der Waals surface area contributed by atoms with Gasteiger partial charge in [-0.2, -0.15) is 0 Å². The number of ether oxygens (including phenoxy) is 1. The summed E-state index contributed by atoms with van der Waals surface area (Å²) in [7, 11) is 0. The van der Waals surface area contributed by atoms with Gasteiger partial charge in [0.25, 0.3) is 0 Å². The van der Waals surface area contributed by atoms with Gasteiger partial charge < -0.3 is 4.74 Å². The molecule has 0 unspecified atom stereocenters. The molecule has 98 valence electrons. The number of carbonyl (C=O) groups excluding carboxylic acids is 1. The Morgan fingerprint density at radius 1 is 1.39 bits per heavy atom. The van der Waals surface area contributed by atoms with Crippen molar-refractivity contribution in [1.82, 2.24) is 0 Å². The van der Waals surface area contributed by atoms with E-state index in [4.69, 9.17) is 4.74 Å². The highest BCUT2D eigenvalue weighted by Crippen LogP contribution is 2.24. The van der Waals surface area contributed by atoms with E-state index in [1.807, 2.05) is 24.3 Å². The van der Waals surface area contributed by atoms with Crippen molar-refractivity contribution in [2.45, 2.75) is 31.1 Å². The monoisotopic (exact) mass is 264 g/mol. The Kier molecular flexibility index (Phi) is 7.26. The molecule has 0 amide bonds. The fourth-order valence-corrected chi connectivity index (χ4v) is 2.56. The van der Waals surface area contributed by atoms with Gasteiger partial charge >= 0.3 is 5.97 Å². The second-order valence-corrected chi connectivity index (χ2v) is 5.08. The Hall–Kier alpha value is -1.22. The van der Waals surface area contributed by atoms with Crippen LogP contribution in [0.4, 0.5) is 0 Å². The van der Waals surface area contributed by atoms with Gasteiger partial charge in [-0.25, -0.2) is 4.79 Å². The quantitative estimate of drug-likeness (QED) is 0.303. The number of esters is 1. The van der Waals surface area contributed by atoms with Gasteiger partial charge in [0.2, 0.25) is 0 Å². The normalized spacial score (nSPS) is 10.1. The lowest BCUT2D eigenvalue weighted by molar-refractivity contribution is 0.0545. The summed E-state index contributed by atoms with van der Waals surface area (Å²) < 4.78 is 5.08. The molecule has 18 heavy (non-hydrogen) atoms. The minimum Gasteiger partial charge on any atom is -0.458 e. The van der Waals surface area contributed by atoms with Crippen LogP contribution in [0.5, 0.6) is 0 Å². The van der Waals surface area contributed by atoms with Gasteiger partial charge in [-0.05, 0) is 24.3 Å². The van der Waals surface area contributed by atoms with Crippen molar-refractivity contribution in [3.8, 4) is 0 Å². The van der Waals surface area contributed by atoms with Gasteiger partial charge in [-0.3, -0.25) is 0 Å². The topological polar surface area (TPSA) is 26.3 Å². The summed E-state index contributed by atoms with van der Waals surface area (Å²) in [4.78, 5) is 12.8. The number of hydrogen-bond donors (Lipinski definition) is 0. The first-order chi connectivity index (χ1) is 8.79. The van der Waals surface area contributed by atoms with Crippen molar-refractivity contribution >= 4 is 17.7 Å². The third-order valence-electron chi connectivity index (χ3n) is 2.44. The molecule has 0 aliphatic carbocycles. The molecular formula is C15H20O2S. The van der Waals surface area contributed by atoms with E-state index in [9.17, 15) is 4.79 Å². The molecule has 0 bridgehead atoms. The van der Waals surface area contributed by atoms with Gasteiger partial charge in [0.1, 0.15) is 6.61 Å². The highest BCUT2D eigenvalue weighted by molar-refractivity contribution is 7.99. The van der Waals surface area contributed by atoms with Crippen LogP contribution in [0.1, 0.15) is 36.5 Å². The van der Waals surface area contributed by atoms with Gasteiger partial charge in [-0.15, -0.1) is 11.8 Å². The largest absolute Gasteiger partial charge is 0.458 e. The first kappa shape index (κ1) is 14.8. The van der Waals surface area contributed by atoms with E-state index in [1.54, 1.807) is 17.8 Å². The molecule has 1 aromatic rings. The zero-order valence-electron chi connectivity index (χ0n) is 10.9. The maximum absolute atomic E-state index is 11.8. The van der Waals surface area contributed by atoms with Gasteiger partial charge in [0.15, 0.2) is 0 Å². The highest BCUT2D eigenvalue weighted by atomic mass is 32.2. The number of thioether (sulfide) groups is 1. The van der Waals surface area contributed by atoms with E-state index < -0.39 is 0 Å². The summed E-state index contributed by atoms with van der Waals surface area (Å²) in [6.07, 6.45) is 5.20. The smallest absolute Gasteiger partial charge is 0.339 e. The van der Waals surface area contributed by atoms with Crippen molar-refractivity contribution < 1.29 is 9.53 Å². The van der Waals surface area contributed by atoms with Crippen LogP contribution in [0.3, 0.4) is 0 Å². The van der Waals surface area contributed by atoms with E-state index in [1.165, 1.54) is 19.3 Å². The molecule has 1 aromatic carbocycles. The second-order valence-electron chi connectivity index (χ2n) is 3.94. The molecule has 0 aromatic heterocycles. The summed E-state index contributed by atoms with van der Waals surface area (Å²) >= 11 is 1.72. The van der Waals surface area contributed by atoms with E-state index in [2.05, 4.69) is 13.5 Å². The molecule has 2 nitrogen and oxygen atoms in total. The van der Waals surface area contributed by atoms with Gasteiger partial charge in [0, 0.05) is 4.90 Å². The lowest BCUT2D eigenvalue weighted by Gasteiger charge is -2.08. The fourth-order valence-electron chi connectivity index (χ4n) is 1.51. The molecular weight excluding hydrogens is 244 g/mol. The highest BCUT2D eigenvalue weighted by Gasteiger charge is 2.11. The maximum Gasteiger partial charge on any atom is 0.339 e. The SMILES string of the molecule is C=CCOC(=O)c1ccccc1SCCCCC. The van der Waals surface area contributed by atoms with Gasteiger partial charge in [0.05, 0.1) is 5.56 Å². The molecule has 0 heterocycles. The van der Waals surface area contributed by atoms with Crippen LogP contribution in [-0.2, 0) is 4.74 Å². The second kappa shape index (κ2) is 8.81. The Balaban J connectivity index is 2.61.